The average molecular weight is 226 g/mol. The van der Waals surface area contributed by atoms with Crippen LogP contribution in [0.1, 0.15) is 27.2 Å². The molecule has 0 aromatic rings. The molecular formula is C10H15Zr-. The van der Waals surface area contributed by atoms with Crippen LogP contribution in [0.25, 0.3) is 0 Å². The van der Waals surface area contributed by atoms with E-state index in [9.17, 15) is 0 Å². The van der Waals surface area contributed by atoms with Gasteiger partial charge in [0, 0.05) is 26.2 Å². The van der Waals surface area contributed by atoms with Gasteiger partial charge in [0.1, 0.15) is 0 Å². The third-order valence-corrected chi connectivity index (χ3v) is 1.98. The van der Waals surface area contributed by atoms with E-state index >= 15 is 0 Å². The molecule has 1 atom stereocenters. The minimum absolute atomic E-state index is 0. The van der Waals surface area contributed by atoms with Crippen LogP contribution in [-0.4, -0.2) is 0 Å². The summed E-state index contributed by atoms with van der Waals surface area (Å²) in [4.78, 5) is 0. The van der Waals surface area contributed by atoms with E-state index < -0.39 is 0 Å². The van der Waals surface area contributed by atoms with Gasteiger partial charge in [-0.3, -0.25) is 6.08 Å². The Morgan fingerprint density at radius 3 is 2.45 bits per heavy atom. The summed E-state index contributed by atoms with van der Waals surface area (Å²) in [6, 6.07) is 0. The average Bonchev–Trinajstić information content (AvgIpc) is 2.34. The molecule has 1 rings (SSSR count). The molecule has 0 aliphatic heterocycles. The molecule has 1 aliphatic rings. The van der Waals surface area contributed by atoms with E-state index in [1.165, 1.54) is 5.57 Å². The molecule has 0 amide bonds. The minimum Gasteiger partial charge on any atom is -0.269 e. The Labute approximate surface area is 88.9 Å². The van der Waals surface area contributed by atoms with Crippen LogP contribution in [0.2, 0.25) is 0 Å². The molecule has 0 N–H and O–H groups in total. The largest absolute Gasteiger partial charge is 0.269 e. The molecule has 0 aromatic carbocycles. The zero-order valence-corrected chi connectivity index (χ0v) is 9.97. The molecule has 1 unspecified atom stereocenters. The fraction of sp³-hybridized carbons (Fsp3) is 0.600. The third kappa shape index (κ3) is 3.07. The first-order valence-electron chi connectivity index (χ1n) is 4.04. The van der Waals surface area contributed by atoms with Gasteiger partial charge in [-0.25, -0.2) is 11.6 Å². The van der Waals surface area contributed by atoms with Gasteiger partial charge in [0.15, 0.2) is 0 Å². The van der Waals surface area contributed by atoms with Crippen LogP contribution in [0.3, 0.4) is 0 Å². The summed E-state index contributed by atoms with van der Waals surface area (Å²) in [5, 5.41) is 0. The van der Waals surface area contributed by atoms with Crippen molar-refractivity contribution in [3.63, 3.8) is 0 Å². The monoisotopic (exact) mass is 225 g/mol. The third-order valence-electron chi connectivity index (χ3n) is 1.98. The van der Waals surface area contributed by atoms with Gasteiger partial charge in [-0.2, -0.15) is 6.08 Å². The van der Waals surface area contributed by atoms with Crippen LogP contribution in [0.4, 0.5) is 0 Å². The molecule has 11 heavy (non-hydrogen) atoms. The summed E-state index contributed by atoms with van der Waals surface area (Å²) in [6.07, 6.45) is 8.94. The Kier molecular flexibility index (Phi) is 5.26. The first-order chi connectivity index (χ1) is 4.74. The van der Waals surface area contributed by atoms with Crippen molar-refractivity contribution in [1.82, 2.24) is 0 Å². The molecule has 0 spiro atoms. The zero-order valence-electron chi connectivity index (χ0n) is 7.52. The maximum absolute atomic E-state index is 3.34. The number of rotatable bonds is 2. The van der Waals surface area contributed by atoms with Gasteiger partial charge in [0.25, 0.3) is 0 Å². The van der Waals surface area contributed by atoms with Crippen LogP contribution < -0.4 is 0 Å². The molecule has 0 nitrogen and oxygen atoms in total. The number of hydrogen-bond donors (Lipinski definition) is 0. The first-order valence-corrected chi connectivity index (χ1v) is 4.04. The van der Waals surface area contributed by atoms with E-state index in [4.69, 9.17) is 0 Å². The normalized spacial score (nSPS) is 21.8. The first kappa shape index (κ1) is 11.4. The zero-order chi connectivity index (χ0) is 7.56. The topological polar surface area (TPSA) is 0 Å². The Hall–Kier alpha value is 0.363. The summed E-state index contributed by atoms with van der Waals surface area (Å²) >= 11 is 0. The van der Waals surface area contributed by atoms with Gasteiger partial charge in [-0.1, -0.05) is 39.0 Å². The van der Waals surface area contributed by atoms with E-state index in [-0.39, 0.29) is 26.2 Å². The van der Waals surface area contributed by atoms with Gasteiger partial charge in [-0.05, 0) is 0 Å². The number of allylic oxidation sites excluding steroid dienone is 4. The van der Waals surface area contributed by atoms with Gasteiger partial charge < -0.3 is 0 Å². The van der Waals surface area contributed by atoms with Crippen LogP contribution in [0.15, 0.2) is 17.7 Å². The molecule has 0 aromatic heterocycles. The minimum atomic E-state index is 0. The summed E-state index contributed by atoms with van der Waals surface area (Å²) in [7, 11) is 0. The molecular weight excluding hydrogens is 211 g/mol. The second-order valence-corrected chi connectivity index (χ2v) is 3.18. The van der Waals surface area contributed by atoms with Crippen molar-refractivity contribution in [2.45, 2.75) is 27.2 Å². The van der Waals surface area contributed by atoms with Crippen LogP contribution in [-0.2, 0) is 26.2 Å². The van der Waals surface area contributed by atoms with Crippen molar-refractivity contribution in [2.75, 3.05) is 0 Å². The van der Waals surface area contributed by atoms with Gasteiger partial charge in [0.05, 0.1) is 0 Å². The summed E-state index contributed by atoms with van der Waals surface area (Å²) in [5.41, 5.74) is 1.44. The molecule has 0 heterocycles. The predicted octanol–water partition coefficient (Wildman–Crippen LogP) is 2.97. The van der Waals surface area contributed by atoms with Gasteiger partial charge in [0.2, 0.25) is 0 Å². The molecule has 0 bridgehead atoms. The van der Waals surface area contributed by atoms with Gasteiger partial charge >= 0.3 is 0 Å². The van der Waals surface area contributed by atoms with E-state index in [2.05, 4.69) is 39.0 Å². The quantitative estimate of drug-likeness (QED) is 0.635. The smallest absolute Gasteiger partial charge is 0 e. The van der Waals surface area contributed by atoms with E-state index in [0.29, 0.717) is 11.8 Å². The van der Waals surface area contributed by atoms with Gasteiger partial charge in [-0.15, -0.1) is 0 Å². The number of hydrogen-bond acceptors (Lipinski definition) is 0. The fourth-order valence-corrected chi connectivity index (χ4v) is 1.13. The molecule has 1 aliphatic carbocycles. The van der Waals surface area contributed by atoms with E-state index in [1.807, 2.05) is 0 Å². The SMILES string of the molecule is CCC1=CC(C(C)C)[C-]=C1.[Zr]. The van der Waals surface area contributed by atoms with Crippen LogP contribution >= 0.6 is 0 Å². The maximum Gasteiger partial charge on any atom is 0 e. The Balaban J connectivity index is 0.000001000. The molecule has 60 valence electrons. The van der Waals surface area contributed by atoms with Crippen molar-refractivity contribution in [3.05, 3.63) is 23.8 Å². The second-order valence-electron chi connectivity index (χ2n) is 3.18. The molecule has 1 heteroatoms. The molecule has 0 radical (unpaired) electrons. The second kappa shape index (κ2) is 5.09. The van der Waals surface area contributed by atoms with E-state index in [0.717, 1.165) is 6.42 Å². The summed E-state index contributed by atoms with van der Waals surface area (Å²) < 4.78 is 0. The fourth-order valence-electron chi connectivity index (χ4n) is 1.13. The van der Waals surface area contributed by atoms with E-state index in [1.54, 1.807) is 0 Å². The molecule has 0 fully saturated rings. The Morgan fingerprint density at radius 2 is 2.18 bits per heavy atom. The summed E-state index contributed by atoms with van der Waals surface area (Å²) in [6.45, 7) is 6.66. The predicted molar refractivity (Wildman–Crippen MR) is 44.5 cm³/mol. The van der Waals surface area contributed by atoms with Crippen molar-refractivity contribution in [2.24, 2.45) is 11.8 Å². The molecule has 0 saturated carbocycles. The standard InChI is InChI=1S/C10H15.Zr/c1-4-9-5-6-10(7-9)8(2)3;/h5,7-8,10H,4H2,1-3H3;/q-1;. The maximum atomic E-state index is 3.34. The Bertz CT molecular complexity index is 166. The van der Waals surface area contributed by atoms with Crippen molar-refractivity contribution < 1.29 is 26.2 Å². The van der Waals surface area contributed by atoms with Crippen molar-refractivity contribution >= 4 is 0 Å². The van der Waals surface area contributed by atoms with Crippen molar-refractivity contribution in [3.8, 4) is 0 Å². The van der Waals surface area contributed by atoms with Crippen molar-refractivity contribution in [1.29, 1.82) is 0 Å². The Morgan fingerprint density at radius 1 is 1.55 bits per heavy atom. The van der Waals surface area contributed by atoms with Crippen LogP contribution in [0, 0.1) is 17.9 Å². The molecule has 0 saturated heterocycles. The van der Waals surface area contributed by atoms with Crippen LogP contribution in [0.5, 0.6) is 0 Å². The summed E-state index contributed by atoms with van der Waals surface area (Å²) in [5.74, 6) is 1.29.